The number of benzene rings is 3. The van der Waals surface area contributed by atoms with E-state index in [9.17, 15) is 0 Å². The van der Waals surface area contributed by atoms with Gasteiger partial charge in [-0.05, 0) is 72.8 Å². The van der Waals surface area contributed by atoms with Crippen LogP contribution in [0.4, 0.5) is 22.7 Å². The highest BCUT2D eigenvalue weighted by Crippen LogP contribution is 2.26. The second-order valence-electron chi connectivity index (χ2n) is 5.33. The van der Waals surface area contributed by atoms with Crippen LogP contribution in [0, 0.1) is 0 Å². The van der Waals surface area contributed by atoms with E-state index in [1.165, 1.54) is 0 Å². The molecular weight excluding hydrogens is 380 g/mol. The van der Waals surface area contributed by atoms with Crippen LogP contribution < -0.4 is 4.74 Å². The summed E-state index contributed by atoms with van der Waals surface area (Å²) in [4.78, 5) is 0.750. The second kappa shape index (κ2) is 10.3. The summed E-state index contributed by atoms with van der Waals surface area (Å²) in [5.74, 6) is 0.773. The van der Waals surface area contributed by atoms with Crippen LogP contribution in [0.1, 0.15) is 0 Å². The zero-order chi connectivity index (χ0) is 19.6. The molecule has 142 valence electrons. The fraction of sp³-hybridized carbons (Fsp3) is 0.0526. The predicted octanol–water partition coefficient (Wildman–Crippen LogP) is 6.95. The first kappa shape index (κ1) is 19.6. The van der Waals surface area contributed by atoms with Gasteiger partial charge in [0.2, 0.25) is 0 Å². The van der Waals surface area contributed by atoms with Crippen molar-refractivity contribution in [1.29, 1.82) is 0 Å². The summed E-state index contributed by atoms with van der Waals surface area (Å²) in [6.07, 6.45) is 0. The topological polar surface area (TPSA) is 97.4 Å². The molecule has 0 saturated heterocycles. The van der Waals surface area contributed by atoms with E-state index < -0.39 is 0 Å². The Hall–Kier alpha value is -3.11. The fourth-order valence-electron chi connectivity index (χ4n) is 2.09. The molecule has 0 aliphatic rings. The lowest BCUT2D eigenvalue weighted by molar-refractivity contribution is -0.432. The molecule has 28 heavy (non-hydrogen) atoms. The van der Waals surface area contributed by atoms with Crippen molar-refractivity contribution in [2.75, 3.05) is 7.11 Å². The van der Waals surface area contributed by atoms with E-state index in [0.29, 0.717) is 17.1 Å². The van der Waals surface area contributed by atoms with Crippen LogP contribution in [0.5, 0.6) is 5.75 Å². The monoisotopic (exact) mass is 396 g/mol. The summed E-state index contributed by atoms with van der Waals surface area (Å²) in [6, 6.07) is 21.6. The van der Waals surface area contributed by atoms with Gasteiger partial charge in [-0.3, -0.25) is 0 Å². The third-order valence-electron chi connectivity index (χ3n) is 3.48. The summed E-state index contributed by atoms with van der Waals surface area (Å²) in [6.45, 7) is 0. The van der Waals surface area contributed by atoms with Gasteiger partial charge in [-0.25, -0.2) is 5.26 Å². The second-order valence-corrected chi connectivity index (χ2v) is 6.11. The van der Waals surface area contributed by atoms with Gasteiger partial charge in [0.15, 0.2) is 0 Å². The summed E-state index contributed by atoms with van der Waals surface area (Å²) in [5.41, 5.74) is 2.82. The molecule has 0 bridgehead atoms. The maximum Gasteiger partial charge on any atom is 0.119 e. The van der Waals surface area contributed by atoms with E-state index in [2.05, 4.69) is 29.8 Å². The molecule has 0 unspecified atom stereocenters. The normalized spacial score (nSPS) is 11.4. The van der Waals surface area contributed by atoms with E-state index in [1.54, 1.807) is 31.4 Å². The minimum Gasteiger partial charge on any atom is -0.497 e. The molecule has 0 aliphatic carbocycles. The Bertz CT molecular complexity index is 930. The van der Waals surface area contributed by atoms with Crippen LogP contribution in [-0.2, 0) is 9.37 Å². The van der Waals surface area contributed by atoms with Crippen LogP contribution >= 0.6 is 12.0 Å². The number of azo groups is 2. The maximum atomic E-state index is 8.13. The molecule has 3 aromatic rings. The minimum absolute atomic E-state index is 0.678. The van der Waals surface area contributed by atoms with Gasteiger partial charge in [0, 0.05) is 4.90 Å². The summed E-state index contributed by atoms with van der Waals surface area (Å²) >= 11 is 0.880. The Balaban J connectivity index is 1.58. The van der Waals surface area contributed by atoms with Crippen molar-refractivity contribution in [3.63, 3.8) is 0 Å². The third kappa shape index (κ3) is 5.96. The largest absolute Gasteiger partial charge is 0.497 e. The zero-order valence-corrected chi connectivity index (χ0v) is 15.6. The van der Waals surface area contributed by atoms with E-state index in [4.69, 9.17) is 9.99 Å². The molecule has 0 atom stereocenters. The van der Waals surface area contributed by atoms with Gasteiger partial charge in [0.25, 0.3) is 0 Å². The highest BCUT2D eigenvalue weighted by molar-refractivity contribution is 7.94. The standard InChI is InChI=1S/C19H16N4O4S/c1-25-18-10-6-16(7-11-18)22-20-14-2-4-15(5-3-14)21-23-17-8-12-19(13-9-17)28-27-26-24/h2-13,24H,1H3. The summed E-state index contributed by atoms with van der Waals surface area (Å²) in [7, 11) is 1.62. The number of ether oxygens (including phenoxy) is 1. The van der Waals surface area contributed by atoms with Gasteiger partial charge in [-0.2, -0.15) is 20.5 Å². The number of hydrogen-bond acceptors (Lipinski definition) is 9. The smallest absolute Gasteiger partial charge is 0.119 e. The Morgan fingerprint density at radius 3 is 1.43 bits per heavy atom. The van der Waals surface area contributed by atoms with Crippen molar-refractivity contribution in [2.45, 2.75) is 4.90 Å². The molecule has 9 heteroatoms. The predicted molar refractivity (Wildman–Crippen MR) is 105 cm³/mol. The first-order valence-electron chi connectivity index (χ1n) is 8.09. The van der Waals surface area contributed by atoms with Gasteiger partial charge in [0.05, 0.1) is 41.9 Å². The highest BCUT2D eigenvalue weighted by Gasteiger charge is 1.97. The summed E-state index contributed by atoms with van der Waals surface area (Å²) < 4.78 is 9.46. The van der Waals surface area contributed by atoms with Crippen molar-refractivity contribution in [1.82, 2.24) is 0 Å². The van der Waals surface area contributed by atoms with E-state index >= 15 is 0 Å². The van der Waals surface area contributed by atoms with Crippen LogP contribution in [0.3, 0.4) is 0 Å². The molecule has 1 N–H and O–H groups in total. The van der Waals surface area contributed by atoms with Crippen LogP contribution in [0.15, 0.2) is 98.1 Å². The van der Waals surface area contributed by atoms with Gasteiger partial charge >= 0.3 is 0 Å². The lowest BCUT2D eigenvalue weighted by Gasteiger charge is -1.99. The van der Waals surface area contributed by atoms with Crippen LogP contribution in [0.2, 0.25) is 0 Å². The Morgan fingerprint density at radius 2 is 1.04 bits per heavy atom. The van der Waals surface area contributed by atoms with Gasteiger partial charge < -0.3 is 4.74 Å². The van der Waals surface area contributed by atoms with Crippen LogP contribution in [-0.4, -0.2) is 12.4 Å². The Kier molecular flexibility index (Phi) is 7.21. The average molecular weight is 396 g/mol. The number of methoxy groups -OCH3 is 1. The van der Waals surface area contributed by atoms with Crippen molar-refractivity contribution < 1.29 is 19.4 Å². The molecule has 0 fully saturated rings. The number of hydrogen-bond donors (Lipinski definition) is 1. The van der Waals surface area contributed by atoms with Gasteiger partial charge in [-0.15, -0.1) is 4.33 Å². The molecule has 0 radical (unpaired) electrons. The zero-order valence-electron chi connectivity index (χ0n) is 14.8. The molecule has 3 aromatic carbocycles. The third-order valence-corrected chi connectivity index (χ3v) is 4.07. The lowest BCUT2D eigenvalue weighted by atomic mass is 10.3. The Labute approximate surface area is 165 Å². The molecule has 0 amide bonds. The lowest BCUT2D eigenvalue weighted by Crippen LogP contribution is -1.79. The molecule has 0 aromatic heterocycles. The maximum absolute atomic E-state index is 8.13. The number of rotatable bonds is 8. The van der Waals surface area contributed by atoms with Crippen molar-refractivity contribution in [3.8, 4) is 5.75 Å². The first-order chi connectivity index (χ1) is 13.8. The molecule has 3 rings (SSSR count). The summed E-state index contributed by atoms with van der Waals surface area (Å²) in [5, 5.41) is 28.4. The molecule has 0 saturated carbocycles. The molecule has 0 heterocycles. The molecule has 0 spiro atoms. The SMILES string of the molecule is COc1ccc(N=Nc2ccc(N=Nc3ccc(SOOO)cc3)cc2)cc1. The first-order valence-corrected chi connectivity index (χ1v) is 8.83. The van der Waals surface area contributed by atoms with E-state index in [1.807, 2.05) is 48.5 Å². The Morgan fingerprint density at radius 1 is 0.643 bits per heavy atom. The average Bonchev–Trinajstić information content (AvgIpc) is 2.76. The van der Waals surface area contributed by atoms with E-state index in [0.717, 1.165) is 28.4 Å². The quantitative estimate of drug-likeness (QED) is 0.192. The molecular formula is C19H16N4O4S. The van der Waals surface area contributed by atoms with Crippen molar-refractivity contribution in [2.24, 2.45) is 20.5 Å². The van der Waals surface area contributed by atoms with Gasteiger partial charge in [0.1, 0.15) is 5.75 Å². The van der Waals surface area contributed by atoms with E-state index in [-0.39, 0.29) is 0 Å². The minimum atomic E-state index is 0.678. The van der Waals surface area contributed by atoms with Crippen LogP contribution in [0.25, 0.3) is 0 Å². The number of nitrogens with zero attached hydrogens (tertiary/aromatic N) is 4. The highest BCUT2D eigenvalue weighted by atomic mass is 32.2. The fourth-order valence-corrected chi connectivity index (χ4v) is 2.44. The molecule has 8 nitrogen and oxygen atoms in total. The van der Waals surface area contributed by atoms with Gasteiger partial charge in [-0.1, -0.05) is 5.04 Å². The van der Waals surface area contributed by atoms with Crippen molar-refractivity contribution in [3.05, 3.63) is 72.8 Å². The molecule has 0 aliphatic heterocycles. The van der Waals surface area contributed by atoms with Crippen molar-refractivity contribution >= 4 is 34.8 Å².